The zero-order valence-corrected chi connectivity index (χ0v) is 13.1. The molecule has 2 unspecified atom stereocenters. The summed E-state index contributed by atoms with van der Waals surface area (Å²) in [6.45, 7) is 4.29. The molecule has 3 heteroatoms. The summed E-state index contributed by atoms with van der Waals surface area (Å²) in [5.74, 6) is 0.128. The third-order valence-electron chi connectivity index (χ3n) is 3.85. The lowest BCUT2D eigenvalue weighted by Gasteiger charge is -2.39. The standard InChI is InChI=1S/C16H20BrNO/c1-12-7-6-8-13(2)18(12)16(19)15(11-17)14-9-4-3-5-10-14/h3-5,9-13H,6-8H2,1-2H3. The molecule has 1 aliphatic heterocycles. The van der Waals surface area contributed by atoms with Crippen LogP contribution in [0.4, 0.5) is 0 Å². The molecule has 1 fully saturated rings. The Bertz CT molecular complexity index is 459. The molecule has 2 atom stereocenters. The normalized spacial score (nSPS) is 24.4. The second-order valence-corrected chi connectivity index (χ2v) is 5.69. The molecule has 1 heterocycles. The lowest BCUT2D eigenvalue weighted by Crippen LogP contribution is -2.47. The molecule has 1 saturated heterocycles. The van der Waals surface area contributed by atoms with Crippen LogP contribution in [-0.4, -0.2) is 22.9 Å². The van der Waals surface area contributed by atoms with Crippen molar-refractivity contribution < 1.29 is 4.79 Å². The number of amides is 1. The number of rotatable bonds is 2. The number of nitrogens with zero attached hydrogens (tertiary/aromatic N) is 1. The van der Waals surface area contributed by atoms with E-state index in [1.807, 2.05) is 35.2 Å². The lowest BCUT2D eigenvalue weighted by molar-refractivity contribution is -0.130. The SMILES string of the molecule is CC1CCCC(C)N1C(=O)C(=CBr)c1ccccc1. The van der Waals surface area contributed by atoms with E-state index in [9.17, 15) is 4.79 Å². The topological polar surface area (TPSA) is 20.3 Å². The molecule has 0 radical (unpaired) electrons. The summed E-state index contributed by atoms with van der Waals surface area (Å²) in [5, 5.41) is 0. The lowest BCUT2D eigenvalue weighted by atomic mass is 9.95. The fourth-order valence-corrected chi connectivity index (χ4v) is 3.27. The van der Waals surface area contributed by atoms with Gasteiger partial charge in [0.1, 0.15) is 0 Å². The van der Waals surface area contributed by atoms with Crippen LogP contribution in [0.2, 0.25) is 0 Å². The van der Waals surface area contributed by atoms with Gasteiger partial charge in [-0.15, -0.1) is 0 Å². The highest BCUT2D eigenvalue weighted by molar-refractivity contribution is 9.11. The molecule has 0 aromatic heterocycles. The smallest absolute Gasteiger partial charge is 0.255 e. The fraction of sp³-hybridized carbons (Fsp3) is 0.438. The third kappa shape index (κ3) is 3.08. The molecular weight excluding hydrogens is 302 g/mol. The summed E-state index contributed by atoms with van der Waals surface area (Å²) in [7, 11) is 0. The van der Waals surface area contributed by atoms with Crippen molar-refractivity contribution in [3.63, 3.8) is 0 Å². The van der Waals surface area contributed by atoms with E-state index in [0.717, 1.165) is 24.0 Å². The predicted octanol–water partition coefficient (Wildman–Crippen LogP) is 4.21. The van der Waals surface area contributed by atoms with E-state index in [1.165, 1.54) is 6.42 Å². The molecule has 102 valence electrons. The van der Waals surface area contributed by atoms with Crippen molar-refractivity contribution in [2.45, 2.75) is 45.2 Å². The van der Waals surface area contributed by atoms with Gasteiger partial charge in [-0.3, -0.25) is 4.79 Å². The van der Waals surface area contributed by atoms with E-state index < -0.39 is 0 Å². The molecule has 1 amide bonds. The Labute approximate surface area is 123 Å². The zero-order valence-electron chi connectivity index (χ0n) is 11.5. The van der Waals surface area contributed by atoms with E-state index in [2.05, 4.69) is 29.8 Å². The molecule has 1 aromatic carbocycles. The van der Waals surface area contributed by atoms with Crippen LogP contribution in [0, 0.1) is 0 Å². The molecule has 0 N–H and O–H groups in total. The first-order valence-corrected chi connectivity index (χ1v) is 7.75. The minimum Gasteiger partial charge on any atom is -0.333 e. The molecular formula is C16H20BrNO. The maximum atomic E-state index is 12.8. The molecule has 1 aliphatic rings. The van der Waals surface area contributed by atoms with Crippen molar-refractivity contribution in [1.29, 1.82) is 0 Å². The Balaban J connectivity index is 2.26. The molecule has 1 aromatic rings. The van der Waals surface area contributed by atoms with Crippen LogP contribution in [0.1, 0.15) is 38.7 Å². The first-order chi connectivity index (χ1) is 9.15. The number of likely N-dealkylation sites (tertiary alicyclic amines) is 1. The Kier molecular flexibility index (Phi) is 4.81. The van der Waals surface area contributed by atoms with Crippen molar-refractivity contribution in [1.82, 2.24) is 4.90 Å². The largest absolute Gasteiger partial charge is 0.333 e. The quantitative estimate of drug-likeness (QED) is 0.747. The summed E-state index contributed by atoms with van der Waals surface area (Å²) >= 11 is 3.35. The van der Waals surface area contributed by atoms with Crippen LogP contribution in [0.5, 0.6) is 0 Å². The number of carbonyl (C=O) groups is 1. The van der Waals surface area contributed by atoms with E-state index >= 15 is 0 Å². The molecule has 0 aliphatic carbocycles. The number of halogens is 1. The fourth-order valence-electron chi connectivity index (χ4n) is 2.81. The summed E-state index contributed by atoms with van der Waals surface area (Å²) in [5.41, 5.74) is 1.70. The average Bonchev–Trinajstić information content (AvgIpc) is 2.40. The molecule has 19 heavy (non-hydrogen) atoms. The summed E-state index contributed by atoms with van der Waals surface area (Å²) in [4.78, 5) is 16.6. The van der Waals surface area contributed by atoms with Gasteiger partial charge in [0.25, 0.3) is 5.91 Å². The van der Waals surface area contributed by atoms with E-state index in [4.69, 9.17) is 0 Å². The highest BCUT2D eigenvalue weighted by Crippen LogP contribution is 2.27. The molecule has 2 nitrogen and oxygen atoms in total. The van der Waals surface area contributed by atoms with Gasteiger partial charge >= 0.3 is 0 Å². The van der Waals surface area contributed by atoms with Crippen molar-refractivity contribution in [2.75, 3.05) is 0 Å². The van der Waals surface area contributed by atoms with E-state index in [-0.39, 0.29) is 5.91 Å². The van der Waals surface area contributed by atoms with Gasteiger partial charge in [-0.05, 0) is 43.7 Å². The molecule has 2 rings (SSSR count). The Morgan fingerprint density at radius 3 is 2.32 bits per heavy atom. The monoisotopic (exact) mass is 321 g/mol. The number of carbonyl (C=O) groups excluding carboxylic acids is 1. The van der Waals surface area contributed by atoms with Crippen molar-refractivity contribution in [2.24, 2.45) is 0 Å². The summed E-state index contributed by atoms with van der Waals surface area (Å²) in [6.07, 6.45) is 3.41. The van der Waals surface area contributed by atoms with Crippen LogP contribution in [-0.2, 0) is 4.79 Å². The molecule has 0 bridgehead atoms. The van der Waals surface area contributed by atoms with Gasteiger partial charge in [0.15, 0.2) is 0 Å². The summed E-state index contributed by atoms with van der Waals surface area (Å²) < 4.78 is 0. The Morgan fingerprint density at radius 1 is 1.21 bits per heavy atom. The minimum absolute atomic E-state index is 0.128. The van der Waals surface area contributed by atoms with Gasteiger partial charge < -0.3 is 4.90 Å². The average molecular weight is 322 g/mol. The number of benzene rings is 1. The van der Waals surface area contributed by atoms with Crippen molar-refractivity contribution >= 4 is 27.4 Å². The van der Waals surface area contributed by atoms with Crippen LogP contribution in [0.15, 0.2) is 35.3 Å². The van der Waals surface area contributed by atoms with Gasteiger partial charge in [-0.1, -0.05) is 46.3 Å². The van der Waals surface area contributed by atoms with Crippen molar-refractivity contribution in [3.05, 3.63) is 40.9 Å². The van der Waals surface area contributed by atoms with Gasteiger partial charge in [0, 0.05) is 12.1 Å². The highest BCUT2D eigenvalue weighted by Gasteiger charge is 2.30. The van der Waals surface area contributed by atoms with Gasteiger partial charge in [0.05, 0.1) is 5.57 Å². The van der Waals surface area contributed by atoms with E-state index in [0.29, 0.717) is 12.1 Å². The van der Waals surface area contributed by atoms with Gasteiger partial charge in [0.2, 0.25) is 0 Å². The Hall–Kier alpha value is -1.09. The van der Waals surface area contributed by atoms with Crippen LogP contribution in [0.25, 0.3) is 5.57 Å². The first kappa shape index (κ1) is 14.3. The second kappa shape index (κ2) is 6.38. The highest BCUT2D eigenvalue weighted by atomic mass is 79.9. The minimum atomic E-state index is 0.128. The van der Waals surface area contributed by atoms with Crippen LogP contribution < -0.4 is 0 Å². The van der Waals surface area contributed by atoms with Crippen LogP contribution >= 0.6 is 15.9 Å². The molecule has 0 saturated carbocycles. The van der Waals surface area contributed by atoms with Crippen LogP contribution in [0.3, 0.4) is 0 Å². The number of hydrogen-bond donors (Lipinski definition) is 0. The Morgan fingerprint density at radius 2 is 1.79 bits per heavy atom. The van der Waals surface area contributed by atoms with Gasteiger partial charge in [-0.2, -0.15) is 0 Å². The van der Waals surface area contributed by atoms with E-state index in [1.54, 1.807) is 4.99 Å². The zero-order chi connectivity index (χ0) is 13.8. The second-order valence-electron chi connectivity index (χ2n) is 5.23. The van der Waals surface area contributed by atoms with Gasteiger partial charge in [-0.25, -0.2) is 0 Å². The third-order valence-corrected chi connectivity index (χ3v) is 4.31. The maximum Gasteiger partial charge on any atom is 0.255 e. The number of piperidine rings is 1. The summed E-state index contributed by atoms with van der Waals surface area (Å²) in [6, 6.07) is 10.5. The molecule has 0 spiro atoms. The van der Waals surface area contributed by atoms with Crippen molar-refractivity contribution in [3.8, 4) is 0 Å². The number of hydrogen-bond acceptors (Lipinski definition) is 1. The maximum absolute atomic E-state index is 12.8. The predicted molar refractivity (Wildman–Crippen MR) is 83.0 cm³/mol. The first-order valence-electron chi connectivity index (χ1n) is 6.83.